The molecule has 0 fully saturated rings. The van der Waals surface area contributed by atoms with E-state index in [4.69, 9.17) is 10.3 Å². The molecule has 0 aliphatic rings. The SMILES string of the molecule is CC(=Nc1nc(Nc2ccc(S(N)(=O)=O)cc2)ncc1Br)C(C)NO. The normalized spacial score (nSPS) is 13.6. The number of hydrogen-bond acceptors (Lipinski definition) is 8. The number of nitrogens with one attached hydrogen (secondary N) is 2. The van der Waals surface area contributed by atoms with Crippen molar-refractivity contribution in [3.8, 4) is 0 Å². The van der Waals surface area contributed by atoms with Crippen molar-refractivity contribution in [1.29, 1.82) is 0 Å². The third kappa shape index (κ3) is 5.28. The first kappa shape index (κ1) is 19.4. The predicted molar refractivity (Wildman–Crippen MR) is 98.0 cm³/mol. The van der Waals surface area contributed by atoms with Gasteiger partial charge in [0.05, 0.1) is 15.4 Å². The molecule has 0 radical (unpaired) electrons. The Labute approximate surface area is 153 Å². The van der Waals surface area contributed by atoms with Gasteiger partial charge in [0.25, 0.3) is 0 Å². The van der Waals surface area contributed by atoms with Crippen molar-refractivity contribution in [2.75, 3.05) is 5.32 Å². The van der Waals surface area contributed by atoms with Crippen molar-refractivity contribution >= 4 is 49.1 Å². The Hall–Kier alpha value is -1.92. The smallest absolute Gasteiger partial charge is 0.238 e. The van der Waals surface area contributed by atoms with Gasteiger partial charge in [-0.3, -0.25) is 0 Å². The second-order valence-electron chi connectivity index (χ2n) is 5.16. The highest BCUT2D eigenvalue weighted by Gasteiger charge is 2.10. The highest BCUT2D eigenvalue weighted by atomic mass is 79.9. The van der Waals surface area contributed by atoms with E-state index in [0.717, 1.165) is 0 Å². The van der Waals surface area contributed by atoms with Crippen LogP contribution in [0.5, 0.6) is 0 Å². The lowest BCUT2D eigenvalue weighted by Gasteiger charge is -2.10. The number of aliphatic imine (C=N–C) groups is 1. The molecule has 134 valence electrons. The summed E-state index contributed by atoms with van der Waals surface area (Å²) >= 11 is 3.32. The fourth-order valence-electron chi connectivity index (χ4n) is 1.71. The van der Waals surface area contributed by atoms with Gasteiger partial charge in [0.2, 0.25) is 16.0 Å². The average Bonchev–Trinajstić information content (AvgIpc) is 2.56. The van der Waals surface area contributed by atoms with Crippen LogP contribution in [0.1, 0.15) is 13.8 Å². The second kappa shape index (κ2) is 7.97. The summed E-state index contributed by atoms with van der Waals surface area (Å²) in [4.78, 5) is 12.8. The molecule has 1 aromatic heterocycles. The van der Waals surface area contributed by atoms with Crippen molar-refractivity contribution in [2.24, 2.45) is 10.1 Å². The zero-order chi connectivity index (χ0) is 18.6. The maximum atomic E-state index is 11.3. The minimum absolute atomic E-state index is 0.0150. The average molecular weight is 429 g/mol. The zero-order valence-corrected chi connectivity index (χ0v) is 15.8. The van der Waals surface area contributed by atoms with E-state index in [-0.39, 0.29) is 16.9 Å². The molecule has 5 N–H and O–H groups in total. The summed E-state index contributed by atoms with van der Waals surface area (Å²) in [5.41, 5.74) is 3.33. The summed E-state index contributed by atoms with van der Waals surface area (Å²) in [5.74, 6) is 0.668. The minimum atomic E-state index is -3.74. The van der Waals surface area contributed by atoms with Crippen LogP contribution in [0.25, 0.3) is 0 Å². The van der Waals surface area contributed by atoms with Crippen LogP contribution in [-0.4, -0.2) is 35.3 Å². The minimum Gasteiger partial charge on any atom is -0.324 e. The highest BCUT2D eigenvalue weighted by molar-refractivity contribution is 9.10. The summed E-state index contributed by atoms with van der Waals surface area (Å²) in [5, 5.41) is 17.0. The summed E-state index contributed by atoms with van der Waals surface area (Å²) in [6.45, 7) is 3.50. The van der Waals surface area contributed by atoms with Crippen LogP contribution in [0.3, 0.4) is 0 Å². The van der Waals surface area contributed by atoms with Crippen molar-refractivity contribution in [1.82, 2.24) is 15.4 Å². The summed E-state index contributed by atoms with van der Waals surface area (Å²) in [6.07, 6.45) is 1.54. The molecule has 1 atom stereocenters. The Kier molecular flexibility index (Phi) is 6.19. The molecule has 0 saturated heterocycles. The molecule has 1 unspecified atom stereocenters. The number of primary sulfonamides is 1. The maximum absolute atomic E-state index is 11.3. The van der Waals surface area contributed by atoms with Crippen molar-refractivity contribution in [3.05, 3.63) is 34.9 Å². The van der Waals surface area contributed by atoms with Gasteiger partial charge in [-0.05, 0) is 54.0 Å². The van der Waals surface area contributed by atoms with Gasteiger partial charge < -0.3 is 10.5 Å². The number of aromatic nitrogens is 2. The third-order valence-electron chi connectivity index (χ3n) is 3.27. The number of anilines is 2. The molecule has 0 aliphatic carbocycles. The maximum Gasteiger partial charge on any atom is 0.238 e. The van der Waals surface area contributed by atoms with Crippen LogP contribution >= 0.6 is 15.9 Å². The van der Waals surface area contributed by atoms with Crippen molar-refractivity contribution < 1.29 is 13.6 Å². The molecule has 9 nitrogen and oxygen atoms in total. The van der Waals surface area contributed by atoms with Gasteiger partial charge in [-0.25, -0.2) is 23.5 Å². The van der Waals surface area contributed by atoms with Crippen molar-refractivity contribution in [3.63, 3.8) is 0 Å². The largest absolute Gasteiger partial charge is 0.324 e. The Morgan fingerprint density at radius 1 is 1.36 bits per heavy atom. The number of nitrogens with zero attached hydrogens (tertiary/aromatic N) is 3. The molecule has 0 aliphatic heterocycles. The monoisotopic (exact) mass is 428 g/mol. The van der Waals surface area contributed by atoms with E-state index >= 15 is 0 Å². The van der Waals surface area contributed by atoms with Crippen LogP contribution in [0, 0.1) is 0 Å². The molecule has 11 heteroatoms. The topological polar surface area (TPSA) is 143 Å². The Morgan fingerprint density at radius 3 is 2.56 bits per heavy atom. The third-order valence-corrected chi connectivity index (χ3v) is 4.76. The Morgan fingerprint density at radius 2 is 2.00 bits per heavy atom. The summed E-state index contributed by atoms with van der Waals surface area (Å²) in [6, 6.07) is 5.54. The number of benzene rings is 1. The lowest BCUT2D eigenvalue weighted by atomic mass is 10.2. The van der Waals surface area contributed by atoms with Crippen LogP contribution in [-0.2, 0) is 10.0 Å². The summed E-state index contributed by atoms with van der Waals surface area (Å²) < 4.78 is 23.1. The molecule has 0 saturated carbocycles. The van der Waals surface area contributed by atoms with E-state index in [0.29, 0.717) is 21.7 Å². The number of nitrogens with two attached hydrogens (primary N) is 1. The van der Waals surface area contributed by atoms with Crippen LogP contribution in [0.2, 0.25) is 0 Å². The molecule has 25 heavy (non-hydrogen) atoms. The van der Waals surface area contributed by atoms with Crippen molar-refractivity contribution in [2.45, 2.75) is 24.8 Å². The van der Waals surface area contributed by atoms with Gasteiger partial charge in [0, 0.05) is 17.6 Å². The van der Waals surface area contributed by atoms with Gasteiger partial charge in [0.1, 0.15) is 0 Å². The van der Waals surface area contributed by atoms with Gasteiger partial charge >= 0.3 is 0 Å². The molecule has 2 aromatic rings. The lowest BCUT2D eigenvalue weighted by Crippen LogP contribution is -2.29. The molecule has 1 aromatic carbocycles. The lowest BCUT2D eigenvalue weighted by molar-refractivity contribution is 0.155. The Bertz CT molecular complexity index is 886. The molecular weight excluding hydrogens is 412 g/mol. The highest BCUT2D eigenvalue weighted by Crippen LogP contribution is 2.25. The van der Waals surface area contributed by atoms with Gasteiger partial charge in [-0.2, -0.15) is 10.5 Å². The predicted octanol–water partition coefficient (Wildman–Crippen LogP) is 2.09. The van der Waals surface area contributed by atoms with E-state index < -0.39 is 10.0 Å². The molecule has 0 amide bonds. The molecule has 2 rings (SSSR count). The fraction of sp³-hybridized carbons (Fsp3) is 0.214. The van der Waals surface area contributed by atoms with Crippen LogP contribution < -0.4 is 15.9 Å². The van der Waals surface area contributed by atoms with E-state index in [1.807, 2.05) is 0 Å². The first-order chi connectivity index (χ1) is 11.7. The van der Waals surface area contributed by atoms with Crippen LogP contribution in [0.15, 0.2) is 44.8 Å². The number of hydrogen-bond donors (Lipinski definition) is 4. The Balaban J connectivity index is 2.25. The van der Waals surface area contributed by atoms with Gasteiger partial charge in [-0.15, -0.1) is 0 Å². The van der Waals surface area contributed by atoms with E-state index in [9.17, 15) is 8.42 Å². The van der Waals surface area contributed by atoms with Gasteiger partial charge in [-0.1, -0.05) is 0 Å². The zero-order valence-electron chi connectivity index (χ0n) is 13.4. The molecule has 0 spiro atoms. The van der Waals surface area contributed by atoms with E-state index in [1.54, 1.807) is 26.0 Å². The molecular formula is C14H17BrN6O3S. The summed E-state index contributed by atoms with van der Waals surface area (Å²) in [7, 11) is -3.74. The second-order valence-corrected chi connectivity index (χ2v) is 7.58. The number of rotatable bonds is 6. The van der Waals surface area contributed by atoms with Crippen LogP contribution in [0.4, 0.5) is 17.5 Å². The fourth-order valence-corrected chi connectivity index (χ4v) is 2.51. The first-order valence-electron chi connectivity index (χ1n) is 7.08. The number of halogens is 1. The standard InChI is InChI=1S/C14H17BrN6O3S/c1-8(9(2)21-22)18-13-12(15)7-17-14(20-13)19-10-3-5-11(6-4-10)25(16,23)24/h3-7,9,21-22H,1-2H3,(H2,16,23,24)(H,17,19,20). The number of sulfonamides is 1. The molecule has 1 heterocycles. The quantitative estimate of drug-likeness (QED) is 0.407. The van der Waals surface area contributed by atoms with E-state index in [2.05, 4.69) is 41.7 Å². The molecule has 0 bridgehead atoms. The van der Waals surface area contributed by atoms with E-state index in [1.165, 1.54) is 18.3 Å². The number of hydroxylamine groups is 1. The first-order valence-corrected chi connectivity index (χ1v) is 9.42. The van der Waals surface area contributed by atoms with Gasteiger partial charge in [0.15, 0.2) is 5.82 Å².